The number of carbonyl (C=O) groups excluding carboxylic acids is 1. The highest BCUT2D eigenvalue weighted by atomic mass is 32.2. The Balaban J connectivity index is 1.57. The second-order valence-electron chi connectivity index (χ2n) is 4.42. The zero-order chi connectivity index (χ0) is 14.7. The number of fused-ring (bicyclic) bond motifs is 1. The lowest BCUT2D eigenvalue weighted by Gasteiger charge is -2.14. The average Bonchev–Trinajstić information content (AvgIpc) is 3.13. The maximum absolute atomic E-state index is 12.1. The van der Waals surface area contributed by atoms with Crippen LogP contribution < -0.4 is 0 Å². The summed E-state index contributed by atoms with van der Waals surface area (Å²) in [6, 6.07) is 7.97. The maximum atomic E-state index is 12.1. The highest BCUT2D eigenvalue weighted by Gasteiger charge is 2.12. The SMILES string of the molecule is CN(Cc1ncn[nH]1)C(=O)CSc1nc2ccccc2s1. The number of benzene rings is 1. The number of hydrogen-bond donors (Lipinski definition) is 1. The van der Waals surface area contributed by atoms with Gasteiger partial charge in [0, 0.05) is 7.05 Å². The van der Waals surface area contributed by atoms with Gasteiger partial charge in [-0.3, -0.25) is 9.89 Å². The second-order valence-corrected chi connectivity index (χ2v) is 6.67. The number of rotatable bonds is 5. The first-order chi connectivity index (χ1) is 10.2. The van der Waals surface area contributed by atoms with E-state index in [-0.39, 0.29) is 5.91 Å². The molecule has 108 valence electrons. The van der Waals surface area contributed by atoms with Crippen LogP contribution in [0.2, 0.25) is 0 Å². The van der Waals surface area contributed by atoms with Gasteiger partial charge in [0.2, 0.25) is 5.91 Å². The molecule has 1 amide bonds. The van der Waals surface area contributed by atoms with Crippen molar-refractivity contribution in [2.45, 2.75) is 10.9 Å². The van der Waals surface area contributed by atoms with Crippen molar-refractivity contribution in [3.63, 3.8) is 0 Å². The fraction of sp³-hybridized carbons (Fsp3) is 0.231. The van der Waals surface area contributed by atoms with Crippen LogP contribution in [0.5, 0.6) is 0 Å². The van der Waals surface area contributed by atoms with Crippen LogP contribution in [0, 0.1) is 0 Å². The van der Waals surface area contributed by atoms with Crippen LogP contribution in [-0.2, 0) is 11.3 Å². The summed E-state index contributed by atoms with van der Waals surface area (Å²) in [4.78, 5) is 22.2. The molecule has 0 radical (unpaired) electrons. The molecule has 2 heterocycles. The van der Waals surface area contributed by atoms with Gasteiger partial charge in [0.1, 0.15) is 12.2 Å². The van der Waals surface area contributed by atoms with Crippen molar-refractivity contribution in [2.24, 2.45) is 0 Å². The summed E-state index contributed by atoms with van der Waals surface area (Å²) in [5.41, 5.74) is 0.979. The van der Waals surface area contributed by atoms with Gasteiger partial charge in [-0.1, -0.05) is 23.9 Å². The van der Waals surface area contributed by atoms with Crippen LogP contribution in [0.1, 0.15) is 5.82 Å². The number of nitrogens with one attached hydrogen (secondary N) is 1. The van der Waals surface area contributed by atoms with Gasteiger partial charge in [0.15, 0.2) is 4.34 Å². The fourth-order valence-electron chi connectivity index (χ4n) is 1.77. The monoisotopic (exact) mass is 319 g/mol. The highest BCUT2D eigenvalue weighted by Crippen LogP contribution is 2.29. The van der Waals surface area contributed by atoms with E-state index in [4.69, 9.17) is 0 Å². The predicted octanol–water partition coefficient (Wildman–Crippen LogP) is 2.17. The Labute approximate surface area is 129 Å². The van der Waals surface area contributed by atoms with Crippen LogP contribution in [0.3, 0.4) is 0 Å². The van der Waals surface area contributed by atoms with Gasteiger partial charge >= 0.3 is 0 Å². The van der Waals surface area contributed by atoms with Gasteiger partial charge in [-0.2, -0.15) is 5.10 Å². The quantitative estimate of drug-likeness (QED) is 0.730. The topological polar surface area (TPSA) is 74.8 Å². The van der Waals surface area contributed by atoms with E-state index in [2.05, 4.69) is 20.2 Å². The Morgan fingerprint density at radius 2 is 2.29 bits per heavy atom. The van der Waals surface area contributed by atoms with Gasteiger partial charge in [-0.15, -0.1) is 11.3 Å². The molecule has 0 fully saturated rings. The number of thiazole rings is 1. The molecule has 0 aliphatic heterocycles. The fourth-order valence-corrected chi connectivity index (χ4v) is 3.78. The van der Waals surface area contributed by atoms with Crippen LogP contribution in [-0.4, -0.2) is 43.8 Å². The van der Waals surface area contributed by atoms with Crippen molar-refractivity contribution in [3.05, 3.63) is 36.4 Å². The molecular weight excluding hydrogens is 306 g/mol. The lowest BCUT2D eigenvalue weighted by molar-refractivity contribution is -0.127. The molecule has 3 rings (SSSR count). The third-order valence-electron chi connectivity index (χ3n) is 2.87. The summed E-state index contributed by atoms with van der Waals surface area (Å²) in [5.74, 6) is 1.08. The molecule has 6 nitrogen and oxygen atoms in total. The summed E-state index contributed by atoms with van der Waals surface area (Å²) in [5, 5.41) is 6.51. The number of para-hydroxylation sites is 1. The molecule has 2 aromatic heterocycles. The Morgan fingerprint density at radius 1 is 1.43 bits per heavy atom. The molecule has 0 atom stereocenters. The van der Waals surface area contributed by atoms with Gasteiger partial charge in [-0.05, 0) is 12.1 Å². The molecule has 0 aliphatic rings. The number of carbonyl (C=O) groups is 1. The summed E-state index contributed by atoms with van der Waals surface area (Å²) in [6.45, 7) is 0.430. The first kappa shape index (κ1) is 14.0. The Hall–Kier alpha value is -1.93. The third-order valence-corrected chi connectivity index (χ3v) is 5.04. The minimum Gasteiger partial charge on any atom is -0.338 e. The van der Waals surface area contributed by atoms with Gasteiger partial charge in [0.25, 0.3) is 0 Å². The first-order valence-electron chi connectivity index (χ1n) is 6.29. The smallest absolute Gasteiger partial charge is 0.233 e. The minimum absolute atomic E-state index is 0.0376. The van der Waals surface area contributed by atoms with Crippen molar-refractivity contribution in [3.8, 4) is 0 Å². The third kappa shape index (κ3) is 3.40. The van der Waals surface area contributed by atoms with Crippen molar-refractivity contribution < 1.29 is 4.79 Å². The lowest BCUT2D eigenvalue weighted by atomic mass is 10.3. The molecule has 1 N–H and O–H groups in total. The Morgan fingerprint density at radius 3 is 3.05 bits per heavy atom. The van der Waals surface area contributed by atoms with Crippen molar-refractivity contribution in [2.75, 3.05) is 12.8 Å². The molecule has 0 aliphatic carbocycles. The minimum atomic E-state index is 0.0376. The van der Waals surface area contributed by atoms with Gasteiger partial charge in [-0.25, -0.2) is 9.97 Å². The number of aromatic nitrogens is 4. The van der Waals surface area contributed by atoms with Crippen molar-refractivity contribution >= 4 is 39.2 Å². The highest BCUT2D eigenvalue weighted by molar-refractivity contribution is 8.01. The summed E-state index contributed by atoms with van der Waals surface area (Å²) < 4.78 is 2.06. The van der Waals surface area contributed by atoms with E-state index in [1.54, 1.807) is 23.3 Å². The molecule has 21 heavy (non-hydrogen) atoms. The molecular formula is C13H13N5OS2. The van der Waals surface area contributed by atoms with E-state index in [1.165, 1.54) is 18.1 Å². The molecule has 0 unspecified atom stereocenters. The second kappa shape index (κ2) is 6.23. The van der Waals surface area contributed by atoms with Gasteiger partial charge < -0.3 is 4.90 Å². The molecule has 1 aromatic carbocycles. The predicted molar refractivity (Wildman–Crippen MR) is 83.2 cm³/mol. The molecule has 3 aromatic rings. The normalized spacial score (nSPS) is 10.9. The molecule has 0 bridgehead atoms. The number of hydrogen-bond acceptors (Lipinski definition) is 6. The summed E-state index contributed by atoms with van der Waals surface area (Å²) >= 11 is 3.07. The van der Waals surface area contributed by atoms with Crippen LogP contribution >= 0.6 is 23.1 Å². The van der Waals surface area contributed by atoms with Gasteiger partial charge in [0.05, 0.1) is 22.5 Å². The molecule has 0 spiro atoms. The van der Waals surface area contributed by atoms with Crippen LogP contribution in [0.15, 0.2) is 34.9 Å². The Kier molecular flexibility index (Phi) is 4.16. The van der Waals surface area contributed by atoms with Crippen LogP contribution in [0.4, 0.5) is 0 Å². The number of H-pyrrole nitrogens is 1. The summed E-state index contributed by atoms with van der Waals surface area (Å²) in [7, 11) is 1.75. The molecule has 0 saturated carbocycles. The van der Waals surface area contributed by atoms with E-state index >= 15 is 0 Å². The van der Waals surface area contributed by atoms with E-state index in [0.717, 1.165) is 14.6 Å². The number of nitrogens with zero attached hydrogens (tertiary/aromatic N) is 4. The van der Waals surface area contributed by atoms with E-state index in [9.17, 15) is 4.79 Å². The summed E-state index contributed by atoms with van der Waals surface area (Å²) in [6.07, 6.45) is 1.43. The van der Waals surface area contributed by atoms with Crippen molar-refractivity contribution in [1.82, 2.24) is 25.1 Å². The zero-order valence-electron chi connectivity index (χ0n) is 11.3. The number of amides is 1. The molecule has 8 heteroatoms. The lowest BCUT2D eigenvalue weighted by Crippen LogP contribution is -2.28. The number of thioether (sulfide) groups is 1. The standard InChI is InChI=1S/C13H13N5OS2/c1-18(6-11-14-8-15-17-11)12(19)7-20-13-16-9-4-2-3-5-10(9)21-13/h2-5,8H,6-7H2,1H3,(H,14,15,17). The first-order valence-corrected chi connectivity index (χ1v) is 8.09. The zero-order valence-corrected chi connectivity index (χ0v) is 12.9. The average molecular weight is 319 g/mol. The Bertz CT molecular complexity index is 707. The largest absolute Gasteiger partial charge is 0.338 e. The number of aromatic amines is 1. The van der Waals surface area contributed by atoms with E-state index < -0.39 is 0 Å². The molecule has 0 saturated heterocycles. The van der Waals surface area contributed by atoms with Crippen molar-refractivity contribution in [1.29, 1.82) is 0 Å². The van der Waals surface area contributed by atoms with E-state index in [1.807, 2.05) is 24.3 Å². The van der Waals surface area contributed by atoms with E-state index in [0.29, 0.717) is 18.1 Å². The van der Waals surface area contributed by atoms with Crippen LogP contribution in [0.25, 0.3) is 10.2 Å². The maximum Gasteiger partial charge on any atom is 0.233 e.